The Morgan fingerprint density at radius 2 is 1.22 bits per heavy atom. The van der Waals surface area contributed by atoms with E-state index in [1.807, 2.05) is 0 Å². The third kappa shape index (κ3) is 14.9. The van der Waals surface area contributed by atoms with Crippen molar-refractivity contribution in [1.29, 1.82) is 0 Å². The molecule has 3 aliphatic heterocycles. The van der Waals surface area contributed by atoms with E-state index < -0.39 is 11.8 Å². The van der Waals surface area contributed by atoms with E-state index in [2.05, 4.69) is 53.4 Å². The Labute approximate surface area is 303 Å². The van der Waals surface area contributed by atoms with Crippen molar-refractivity contribution in [3.63, 3.8) is 0 Å². The van der Waals surface area contributed by atoms with Crippen LogP contribution in [-0.2, 0) is 23.8 Å². The lowest BCUT2D eigenvalue weighted by Gasteiger charge is -2.27. The number of thiocarbonyl (C=S) groups is 1. The van der Waals surface area contributed by atoms with E-state index in [1.54, 1.807) is 40.4 Å². The van der Waals surface area contributed by atoms with Gasteiger partial charge in [0.25, 0.3) is 0 Å². The molecule has 0 aromatic carbocycles. The molecule has 0 saturated carbocycles. The van der Waals surface area contributed by atoms with E-state index in [-0.39, 0.29) is 18.4 Å². The number of aromatic nitrogens is 2. The number of nitrogens with zero attached hydrogens (tertiary/aromatic N) is 4. The van der Waals surface area contributed by atoms with Gasteiger partial charge in [-0.2, -0.15) is 0 Å². The largest absolute Gasteiger partial charge is 0.464 e. The molecule has 13 nitrogen and oxygen atoms in total. The molecule has 5 heterocycles. The molecule has 3 aliphatic rings. The predicted molar refractivity (Wildman–Crippen MR) is 196 cm³/mol. The number of nitrogens with one attached hydrogen (secondary N) is 1. The first-order valence-electron chi connectivity index (χ1n) is 16.5. The van der Waals surface area contributed by atoms with Crippen molar-refractivity contribution in [2.45, 2.75) is 63.7 Å². The molecule has 0 radical (unpaired) electrons. The Bertz CT molecular complexity index is 1320. The second-order valence-electron chi connectivity index (χ2n) is 12.0. The quantitative estimate of drug-likeness (QED) is 0.182. The predicted octanol–water partition coefficient (Wildman–Crippen LogP) is 3.89. The van der Waals surface area contributed by atoms with Gasteiger partial charge >= 0.3 is 17.9 Å². The number of ether oxygens (including phenoxy) is 3. The van der Waals surface area contributed by atoms with Crippen LogP contribution in [0.25, 0.3) is 0 Å². The minimum Gasteiger partial charge on any atom is -0.464 e. The van der Waals surface area contributed by atoms with Crippen LogP contribution in [0.5, 0.6) is 0 Å². The van der Waals surface area contributed by atoms with E-state index >= 15 is 0 Å². The van der Waals surface area contributed by atoms with E-state index in [9.17, 15) is 19.2 Å². The number of thiazole rings is 2. The summed E-state index contributed by atoms with van der Waals surface area (Å²) in [5, 5.41) is 9.03. The number of carbonyl (C=O) groups is 4. The number of Topliss-reactive ketones (excluding diaryl/α,β-unsaturated/α-hetero) is 1. The summed E-state index contributed by atoms with van der Waals surface area (Å²) < 4.78 is 13.4. The first kappa shape index (κ1) is 42.3. The van der Waals surface area contributed by atoms with Gasteiger partial charge < -0.3 is 35.1 Å². The van der Waals surface area contributed by atoms with Gasteiger partial charge in [-0.3, -0.25) is 4.79 Å². The number of hydrogen-bond acceptors (Lipinski definition) is 15. The molecule has 0 amide bonds. The van der Waals surface area contributed by atoms with E-state index in [0.717, 1.165) is 87.8 Å². The zero-order valence-electron chi connectivity index (χ0n) is 29.5. The van der Waals surface area contributed by atoms with Gasteiger partial charge in [-0.15, -0.1) is 22.7 Å². The van der Waals surface area contributed by atoms with E-state index in [4.69, 9.17) is 18.0 Å². The molecule has 3 saturated heterocycles. The number of rotatable bonds is 7. The highest BCUT2D eigenvalue weighted by Crippen LogP contribution is 2.30. The minimum atomic E-state index is -0.757. The maximum absolute atomic E-state index is 11.3. The first-order chi connectivity index (χ1) is 23.4. The molecule has 5 rings (SSSR count). The van der Waals surface area contributed by atoms with Crippen molar-refractivity contribution in [2.75, 3.05) is 74.7 Å². The highest BCUT2D eigenvalue weighted by Gasteiger charge is 2.23. The maximum Gasteiger partial charge on any atom is 0.374 e. The molecule has 2 aromatic heterocycles. The zero-order chi connectivity index (χ0) is 36.3. The summed E-state index contributed by atoms with van der Waals surface area (Å²) in [6.45, 7) is 8.19. The second-order valence-corrected chi connectivity index (χ2v) is 14.2. The van der Waals surface area contributed by atoms with Crippen LogP contribution in [0.15, 0.2) is 10.8 Å². The van der Waals surface area contributed by atoms with Gasteiger partial charge in [0.15, 0.2) is 11.4 Å². The molecule has 0 bridgehead atoms. The van der Waals surface area contributed by atoms with E-state index in [0.29, 0.717) is 34.1 Å². The van der Waals surface area contributed by atoms with Crippen molar-refractivity contribution in [3.05, 3.63) is 32.2 Å². The Kier molecular flexibility index (Phi) is 19.6. The summed E-state index contributed by atoms with van der Waals surface area (Å²) in [5.41, 5.74) is 6.41. The van der Waals surface area contributed by atoms with Gasteiger partial charge in [0, 0.05) is 34.9 Å². The van der Waals surface area contributed by atoms with Crippen molar-refractivity contribution in [2.24, 2.45) is 11.7 Å². The molecule has 0 atom stereocenters. The van der Waals surface area contributed by atoms with Crippen LogP contribution in [0, 0.1) is 5.92 Å². The smallest absolute Gasteiger partial charge is 0.374 e. The summed E-state index contributed by atoms with van der Waals surface area (Å²) in [6, 6.07) is 0. The molecule has 0 aliphatic carbocycles. The van der Waals surface area contributed by atoms with Gasteiger partial charge in [-0.1, -0.05) is 19.1 Å². The summed E-state index contributed by atoms with van der Waals surface area (Å²) in [5.74, 6) is -0.387. The molecule has 274 valence electrons. The lowest BCUT2D eigenvalue weighted by Crippen LogP contribution is -2.35. The van der Waals surface area contributed by atoms with Crippen LogP contribution < -0.4 is 11.1 Å². The standard InChI is InChI=1S/C11H16N2O2S.C10H14N2O2S.C7H14N2S.C5H8O3/c1-13-5-3-8(4-6-13)10-12-9(7-16-10)11(14)15-2;1-14-10(13)8-6-15-9(12-8)7-2-4-11-5-3-7;1-9-4-2-6(3-5-9)7(8)10;1-3-4(6)5(7)8-2/h7-8H,3-6H2,1-2H3;6-7,11H,2-5H2,1H3;6H,2-5H2,1H3,(H2,8,10);3H2,1-2H3. The van der Waals surface area contributed by atoms with Gasteiger partial charge in [0.05, 0.1) is 36.3 Å². The molecule has 16 heteroatoms. The first-order valence-corrected chi connectivity index (χ1v) is 18.7. The lowest BCUT2D eigenvalue weighted by atomic mass is 9.97. The number of hydrogen-bond donors (Lipinski definition) is 2. The molecule has 3 N–H and O–H groups in total. The second kappa shape index (κ2) is 22.8. The molecule has 0 spiro atoms. The van der Waals surface area contributed by atoms with Crippen LogP contribution in [0.3, 0.4) is 0 Å². The van der Waals surface area contributed by atoms with Crippen molar-refractivity contribution < 1.29 is 33.4 Å². The minimum absolute atomic E-state index is 0.215. The fourth-order valence-corrected chi connectivity index (χ4v) is 7.38. The van der Waals surface area contributed by atoms with Gasteiger partial charge in [-0.25, -0.2) is 24.4 Å². The SMILES string of the molecule is CCC(=O)C(=O)OC.CN1CCC(C(N)=S)CC1.COC(=O)c1csc(C2CCN(C)CC2)n1.COC(=O)c1csc(C2CCNCC2)n1. The summed E-state index contributed by atoms with van der Waals surface area (Å²) in [7, 11) is 8.23. The molecule has 2 aromatic rings. The monoisotopic (exact) mass is 740 g/mol. The third-order valence-corrected chi connectivity index (χ3v) is 10.8. The number of likely N-dealkylation sites (tertiary alicyclic amines) is 2. The van der Waals surface area contributed by atoms with Crippen LogP contribution in [0.1, 0.15) is 94.7 Å². The van der Waals surface area contributed by atoms with Crippen LogP contribution >= 0.6 is 34.9 Å². The number of esters is 3. The fourth-order valence-electron chi connectivity index (χ4n) is 5.22. The number of methoxy groups -OCH3 is 3. The highest BCUT2D eigenvalue weighted by molar-refractivity contribution is 7.80. The Hall–Kier alpha value is -2.89. The fraction of sp³-hybridized carbons (Fsp3) is 0.667. The molecular weight excluding hydrogens is 689 g/mol. The average Bonchev–Trinajstić information content (AvgIpc) is 3.83. The average molecular weight is 741 g/mol. The van der Waals surface area contributed by atoms with Crippen molar-refractivity contribution in [3.8, 4) is 0 Å². The van der Waals surface area contributed by atoms with Gasteiger partial charge in [0.2, 0.25) is 5.78 Å². The maximum atomic E-state index is 11.3. The van der Waals surface area contributed by atoms with Crippen LogP contribution in [-0.4, -0.2) is 123 Å². The van der Waals surface area contributed by atoms with Crippen molar-refractivity contribution in [1.82, 2.24) is 25.1 Å². The van der Waals surface area contributed by atoms with Crippen LogP contribution in [0.2, 0.25) is 0 Å². The van der Waals surface area contributed by atoms with Gasteiger partial charge in [-0.05, 0) is 91.9 Å². The topological polar surface area (TPSA) is 166 Å². The number of nitrogens with two attached hydrogens (primary N) is 1. The zero-order valence-corrected chi connectivity index (χ0v) is 32.0. The van der Waals surface area contributed by atoms with Gasteiger partial charge in [0.1, 0.15) is 0 Å². The Balaban J connectivity index is 0.000000235. The number of piperidine rings is 3. The lowest BCUT2D eigenvalue weighted by molar-refractivity contribution is -0.151. The molecule has 49 heavy (non-hydrogen) atoms. The van der Waals surface area contributed by atoms with Crippen LogP contribution in [0.4, 0.5) is 0 Å². The molecule has 0 unspecified atom stereocenters. The summed E-state index contributed by atoms with van der Waals surface area (Å²) in [4.78, 5) is 57.0. The number of carbonyl (C=O) groups excluding carboxylic acids is 4. The Morgan fingerprint density at radius 1 is 0.796 bits per heavy atom. The molecule has 3 fully saturated rings. The number of ketones is 1. The summed E-state index contributed by atoms with van der Waals surface area (Å²) in [6.07, 6.45) is 6.97. The van der Waals surface area contributed by atoms with E-state index in [1.165, 1.54) is 21.3 Å². The summed E-state index contributed by atoms with van der Waals surface area (Å²) >= 11 is 8.04. The normalized spacial score (nSPS) is 17.5. The highest BCUT2D eigenvalue weighted by atomic mass is 32.1. The third-order valence-electron chi connectivity index (χ3n) is 8.44. The Morgan fingerprint density at radius 3 is 1.59 bits per heavy atom. The molecular formula is C33H52N6O7S3. The van der Waals surface area contributed by atoms with Crippen molar-refractivity contribution >= 4 is 63.6 Å².